The van der Waals surface area contributed by atoms with Gasteiger partial charge in [-0.15, -0.1) is 0 Å². The van der Waals surface area contributed by atoms with Gasteiger partial charge in [-0.2, -0.15) is 0 Å². The van der Waals surface area contributed by atoms with Crippen molar-refractivity contribution in [2.75, 3.05) is 0 Å². The fourth-order valence-corrected chi connectivity index (χ4v) is 3.37. The number of hydrogen-bond donors (Lipinski definition) is 1. The number of aromatic nitrogens is 2. The molecule has 0 saturated heterocycles. The van der Waals surface area contributed by atoms with Crippen molar-refractivity contribution in [3.63, 3.8) is 0 Å². The molecule has 0 aliphatic carbocycles. The van der Waals surface area contributed by atoms with Crippen LogP contribution in [0.2, 0.25) is 0 Å². The summed E-state index contributed by atoms with van der Waals surface area (Å²) in [5, 5.41) is 2.41. The Balaban J connectivity index is 2.01. The number of nitrogens with two attached hydrogens (primary N) is 1. The van der Waals surface area contributed by atoms with Gasteiger partial charge >= 0.3 is 0 Å². The molecule has 1 unspecified atom stereocenters. The van der Waals surface area contributed by atoms with Crippen LogP contribution in [0, 0.1) is 6.92 Å². The van der Waals surface area contributed by atoms with Crippen molar-refractivity contribution in [1.82, 2.24) is 9.38 Å². The Labute approximate surface area is 152 Å². The monoisotopic (exact) mass is 345 g/mol. The van der Waals surface area contributed by atoms with E-state index in [-0.39, 0.29) is 5.92 Å². The number of imidazole rings is 1. The van der Waals surface area contributed by atoms with E-state index in [0.717, 1.165) is 22.6 Å². The molecule has 1 atom stereocenters. The van der Waals surface area contributed by atoms with Gasteiger partial charge in [0.15, 0.2) is 0 Å². The highest BCUT2D eigenvalue weighted by atomic mass is 32.1. The summed E-state index contributed by atoms with van der Waals surface area (Å²) in [6.07, 6.45) is 2.05. The number of pyridine rings is 1. The quantitative estimate of drug-likeness (QED) is 0.540. The van der Waals surface area contributed by atoms with Crippen LogP contribution in [0.15, 0.2) is 60.8 Å². The van der Waals surface area contributed by atoms with Gasteiger partial charge in [-0.1, -0.05) is 55.5 Å². The SMILES string of the molecule is Cc1ccn2c(C(C)C(N)=S)c(-c3ccc4ccccc4c3)nc2c1. The molecule has 0 aliphatic rings. The first-order chi connectivity index (χ1) is 12.0. The zero-order valence-corrected chi connectivity index (χ0v) is 15.0. The molecule has 4 heteroatoms. The van der Waals surface area contributed by atoms with Crippen molar-refractivity contribution in [1.29, 1.82) is 0 Å². The normalized spacial score (nSPS) is 12.6. The van der Waals surface area contributed by atoms with Crippen molar-refractivity contribution in [3.05, 3.63) is 72.1 Å². The predicted octanol–water partition coefficient (Wildman–Crippen LogP) is 4.85. The van der Waals surface area contributed by atoms with Gasteiger partial charge in [0, 0.05) is 17.7 Å². The maximum atomic E-state index is 5.98. The third-order valence-electron chi connectivity index (χ3n) is 4.68. The van der Waals surface area contributed by atoms with E-state index < -0.39 is 0 Å². The number of hydrogen-bond acceptors (Lipinski definition) is 2. The van der Waals surface area contributed by atoms with Gasteiger partial charge < -0.3 is 10.1 Å². The molecule has 0 amide bonds. The van der Waals surface area contributed by atoms with Crippen LogP contribution in [0.5, 0.6) is 0 Å². The summed E-state index contributed by atoms with van der Waals surface area (Å²) in [7, 11) is 0. The Kier molecular flexibility index (Phi) is 3.77. The average molecular weight is 345 g/mol. The van der Waals surface area contributed by atoms with E-state index >= 15 is 0 Å². The molecule has 2 aromatic carbocycles. The molecule has 2 aromatic heterocycles. The lowest BCUT2D eigenvalue weighted by Gasteiger charge is -2.13. The largest absolute Gasteiger partial charge is 0.393 e. The Bertz CT molecular complexity index is 1110. The molecule has 4 rings (SSSR count). The molecule has 124 valence electrons. The van der Waals surface area contributed by atoms with Crippen molar-refractivity contribution >= 4 is 33.6 Å². The summed E-state index contributed by atoms with van der Waals surface area (Å²) in [5.41, 5.74) is 11.1. The van der Waals surface area contributed by atoms with Gasteiger partial charge in [-0.3, -0.25) is 0 Å². The molecule has 0 aliphatic heterocycles. The first-order valence-corrected chi connectivity index (χ1v) is 8.72. The molecule has 3 nitrogen and oxygen atoms in total. The highest BCUT2D eigenvalue weighted by Gasteiger charge is 2.21. The molecule has 0 bridgehead atoms. The molecule has 0 radical (unpaired) electrons. The number of fused-ring (bicyclic) bond motifs is 2. The minimum atomic E-state index is -0.0609. The summed E-state index contributed by atoms with van der Waals surface area (Å²) in [5.74, 6) is -0.0609. The topological polar surface area (TPSA) is 43.3 Å². The molecule has 0 saturated carbocycles. The standard InChI is InChI=1S/C21H19N3S/c1-13-9-10-24-18(11-13)23-19(20(24)14(2)21(22)25)17-8-7-15-5-3-4-6-16(15)12-17/h3-12,14H,1-2H3,(H2,22,25). The molecule has 2 N–H and O–H groups in total. The van der Waals surface area contributed by atoms with E-state index in [0.29, 0.717) is 4.99 Å². The van der Waals surface area contributed by atoms with Gasteiger partial charge in [0.05, 0.1) is 16.4 Å². The van der Waals surface area contributed by atoms with Crippen LogP contribution < -0.4 is 5.73 Å². The minimum absolute atomic E-state index is 0.0609. The molecular formula is C21H19N3S. The lowest BCUT2D eigenvalue weighted by Crippen LogP contribution is -2.18. The molecule has 0 fully saturated rings. The zero-order chi connectivity index (χ0) is 17.6. The van der Waals surface area contributed by atoms with E-state index in [4.69, 9.17) is 22.9 Å². The van der Waals surface area contributed by atoms with Gasteiger partial charge in [0.1, 0.15) is 5.65 Å². The van der Waals surface area contributed by atoms with Crippen molar-refractivity contribution < 1.29 is 0 Å². The van der Waals surface area contributed by atoms with E-state index in [1.54, 1.807) is 0 Å². The Morgan fingerprint density at radius 3 is 2.60 bits per heavy atom. The molecule has 2 heterocycles. The number of thiocarbonyl (C=S) groups is 1. The van der Waals surface area contributed by atoms with Crippen molar-refractivity contribution in [3.8, 4) is 11.3 Å². The van der Waals surface area contributed by atoms with Crippen LogP contribution in [-0.2, 0) is 0 Å². The summed E-state index contributed by atoms with van der Waals surface area (Å²) >= 11 is 5.28. The zero-order valence-electron chi connectivity index (χ0n) is 14.2. The van der Waals surface area contributed by atoms with Crippen molar-refractivity contribution in [2.24, 2.45) is 5.73 Å². The van der Waals surface area contributed by atoms with Crippen molar-refractivity contribution in [2.45, 2.75) is 19.8 Å². The molecule has 4 aromatic rings. The van der Waals surface area contributed by atoms with Gasteiger partial charge in [0.2, 0.25) is 0 Å². The van der Waals surface area contributed by atoms with Crippen LogP contribution in [-0.4, -0.2) is 14.4 Å². The highest BCUT2D eigenvalue weighted by Crippen LogP contribution is 2.32. The molecule has 25 heavy (non-hydrogen) atoms. The second-order valence-electron chi connectivity index (χ2n) is 6.46. The van der Waals surface area contributed by atoms with E-state index in [9.17, 15) is 0 Å². The van der Waals surface area contributed by atoms with Crippen LogP contribution >= 0.6 is 12.2 Å². The Morgan fingerprint density at radius 1 is 1.08 bits per heavy atom. The summed E-state index contributed by atoms with van der Waals surface area (Å²) in [4.78, 5) is 5.38. The predicted molar refractivity (Wildman–Crippen MR) is 108 cm³/mol. The minimum Gasteiger partial charge on any atom is -0.393 e. The van der Waals surface area contributed by atoms with Crippen LogP contribution in [0.4, 0.5) is 0 Å². The average Bonchev–Trinajstić information content (AvgIpc) is 2.98. The lowest BCUT2D eigenvalue weighted by atomic mass is 9.99. The fraction of sp³-hybridized carbons (Fsp3) is 0.143. The van der Waals surface area contributed by atoms with Crippen LogP contribution in [0.3, 0.4) is 0 Å². The highest BCUT2D eigenvalue weighted by molar-refractivity contribution is 7.80. The van der Waals surface area contributed by atoms with E-state index in [2.05, 4.69) is 65.9 Å². The maximum Gasteiger partial charge on any atom is 0.137 e. The molecule has 0 spiro atoms. The number of nitrogens with zero attached hydrogens (tertiary/aromatic N) is 2. The van der Waals surface area contributed by atoms with Gasteiger partial charge in [-0.25, -0.2) is 4.98 Å². The maximum absolute atomic E-state index is 5.98. The first kappa shape index (κ1) is 15.8. The number of aryl methyl sites for hydroxylation is 1. The number of rotatable bonds is 3. The van der Waals surface area contributed by atoms with Gasteiger partial charge in [-0.05, 0) is 41.5 Å². The Morgan fingerprint density at radius 2 is 1.84 bits per heavy atom. The van der Waals surface area contributed by atoms with Gasteiger partial charge in [0.25, 0.3) is 0 Å². The van der Waals surface area contributed by atoms with Crippen LogP contribution in [0.25, 0.3) is 27.7 Å². The third-order valence-corrected chi connectivity index (χ3v) is 5.03. The lowest BCUT2D eigenvalue weighted by molar-refractivity contribution is 0.929. The first-order valence-electron chi connectivity index (χ1n) is 8.31. The van der Waals surface area contributed by atoms with Crippen LogP contribution in [0.1, 0.15) is 24.1 Å². The summed E-state index contributed by atoms with van der Waals surface area (Å²) in [6.45, 7) is 4.11. The number of benzene rings is 2. The second-order valence-corrected chi connectivity index (χ2v) is 6.94. The second kappa shape index (κ2) is 5.97. The van der Waals surface area contributed by atoms with E-state index in [1.807, 2.05) is 13.1 Å². The van der Waals surface area contributed by atoms with E-state index in [1.165, 1.54) is 16.3 Å². The fourth-order valence-electron chi connectivity index (χ4n) is 3.26. The Hall–Kier alpha value is -2.72. The smallest absolute Gasteiger partial charge is 0.137 e. The summed E-state index contributed by atoms with van der Waals surface area (Å²) < 4.78 is 2.10. The third kappa shape index (κ3) is 2.68. The molecular weight excluding hydrogens is 326 g/mol. The summed E-state index contributed by atoms with van der Waals surface area (Å²) in [6, 6.07) is 18.9.